The van der Waals surface area contributed by atoms with Gasteiger partial charge in [0.05, 0.1) is 17.1 Å². The molecule has 154 valence electrons. The number of carbonyl (C=O) groups is 1. The first-order valence-electron chi connectivity index (χ1n) is 9.39. The number of likely N-dealkylation sites (tertiary alicyclic amines) is 1. The van der Waals surface area contributed by atoms with Crippen molar-refractivity contribution in [2.45, 2.75) is 38.1 Å². The van der Waals surface area contributed by atoms with Gasteiger partial charge in [-0.05, 0) is 44.2 Å². The summed E-state index contributed by atoms with van der Waals surface area (Å²) in [5.74, 6) is 1.09. The van der Waals surface area contributed by atoms with Gasteiger partial charge in [0.15, 0.2) is 0 Å². The molecular formula is C20H26Cl3N3OS. The number of nitrogens with one attached hydrogen (secondary N) is 1. The van der Waals surface area contributed by atoms with E-state index in [-0.39, 0.29) is 30.7 Å². The third-order valence-corrected chi connectivity index (χ3v) is 6.48. The molecule has 4 rings (SSSR count). The van der Waals surface area contributed by atoms with Gasteiger partial charge in [-0.15, -0.1) is 36.2 Å². The Kier molecular flexibility index (Phi) is 9.03. The van der Waals surface area contributed by atoms with Crippen LogP contribution in [0.4, 0.5) is 0 Å². The molecule has 0 bridgehead atoms. The van der Waals surface area contributed by atoms with Gasteiger partial charge in [0, 0.05) is 30.1 Å². The van der Waals surface area contributed by atoms with E-state index in [0.717, 1.165) is 54.7 Å². The Morgan fingerprint density at radius 1 is 1.18 bits per heavy atom. The summed E-state index contributed by atoms with van der Waals surface area (Å²) >= 11 is 7.79. The number of aromatic nitrogens is 1. The molecule has 2 aliphatic rings. The van der Waals surface area contributed by atoms with Gasteiger partial charge in [-0.2, -0.15) is 0 Å². The van der Waals surface area contributed by atoms with Crippen LogP contribution in [0.15, 0.2) is 29.6 Å². The van der Waals surface area contributed by atoms with Crippen molar-refractivity contribution in [2.75, 3.05) is 19.6 Å². The van der Waals surface area contributed by atoms with E-state index in [2.05, 4.69) is 10.3 Å². The minimum absolute atomic E-state index is 0. The van der Waals surface area contributed by atoms with Gasteiger partial charge in [0.1, 0.15) is 5.01 Å². The Bertz CT molecular complexity index is 774. The molecule has 8 heteroatoms. The summed E-state index contributed by atoms with van der Waals surface area (Å²) in [6, 6.07) is 8.27. The highest BCUT2D eigenvalue weighted by Crippen LogP contribution is 2.30. The number of amides is 1. The highest BCUT2D eigenvalue weighted by molar-refractivity contribution is 7.13. The number of piperidine rings is 1. The predicted molar refractivity (Wildman–Crippen MR) is 121 cm³/mol. The molecule has 2 heterocycles. The van der Waals surface area contributed by atoms with E-state index in [0.29, 0.717) is 17.5 Å². The van der Waals surface area contributed by atoms with Crippen LogP contribution in [0.5, 0.6) is 0 Å². The lowest BCUT2D eigenvalue weighted by Crippen LogP contribution is -2.45. The van der Waals surface area contributed by atoms with E-state index in [1.54, 1.807) is 11.3 Å². The van der Waals surface area contributed by atoms with Gasteiger partial charge in [-0.3, -0.25) is 4.79 Å². The molecule has 0 unspecified atom stereocenters. The normalized spacial score (nSPS) is 17.0. The predicted octanol–water partition coefficient (Wildman–Crippen LogP) is 4.84. The number of benzene rings is 1. The van der Waals surface area contributed by atoms with Crippen molar-refractivity contribution in [1.29, 1.82) is 0 Å². The molecule has 28 heavy (non-hydrogen) atoms. The van der Waals surface area contributed by atoms with Crippen molar-refractivity contribution in [1.82, 2.24) is 15.2 Å². The summed E-state index contributed by atoms with van der Waals surface area (Å²) in [6.45, 7) is 2.85. The second kappa shape index (κ2) is 10.8. The second-order valence-corrected chi connectivity index (χ2v) is 8.57. The average Bonchev–Trinajstić information content (AvgIpc) is 3.38. The second-order valence-electron chi connectivity index (χ2n) is 7.31. The standard InChI is InChI=1S/C20H24ClN3OS.2ClH/c21-18-4-2-1-3-17(18)20-23-16(13-26-20)11-19(25)24-9-7-15(8-10-24)22-12-14-5-6-14;;/h1-4,13-15,22H,5-12H2;2*1H. The van der Waals surface area contributed by atoms with Gasteiger partial charge >= 0.3 is 0 Å². The van der Waals surface area contributed by atoms with Gasteiger partial charge in [-0.25, -0.2) is 4.98 Å². The van der Waals surface area contributed by atoms with E-state index in [1.165, 1.54) is 12.8 Å². The number of hydrogen-bond acceptors (Lipinski definition) is 4. The molecule has 0 radical (unpaired) electrons. The molecule has 1 aromatic carbocycles. The number of carbonyl (C=O) groups excluding carboxylic acids is 1. The Morgan fingerprint density at radius 3 is 2.57 bits per heavy atom. The van der Waals surface area contributed by atoms with Gasteiger partial charge in [0.25, 0.3) is 0 Å². The van der Waals surface area contributed by atoms with Gasteiger partial charge < -0.3 is 10.2 Å². The average molecular weight is 463 g/mol. The maximum absolute atomic E-state index is 12.6. The van der Waals surface area contributed by atoms with Crippen molar-refractivity contribution in [3.63, 3.8) is 0 Å². The first kappa shape index (κ1) is 23.4. The smallest absolute Gasteiger partial charge is 0.228 e. The lowest BCUT2D eigenvalue weighted by molar-refractivity contribution is -0.131. The Balaban J connectivity index is 0.00000140. The zero-order valence-corrected chi connectivity index (χ0v) is 18.8. The van der Waals surface area contributed by atoms with Crippen LogP contribution >= 0.6 is 47.8 Å². The van der Waals surface area contributed by atoms with Crippen molar-refractivity contribution in [3.8, 4) is 10.6 Å². The van der Waals surface area contributed by atoms with Crippen LogP contribution < -0.4 is 5.32 Å². The van der Waals surface area contributed by atoms with E-state index in [9.17, 15) is 4.79 Å². The fourth-order valence-electron chi connectivity index (χ4n) is 3.40. The summed E-state index contributed by atoms with van der Waals surface area (Å²) in [7, 11) is 0. The van der Waals surface area contributed by atoms with E-state index in [4.69, 9.17) is 11.6 Å². The van der Waals surface area contributed by atoms with Crippen LogP contribution in [0.2, 0.25) is 5.02 Å². The van der Waals surface area contributed by atoms with E-state index >= 15 is 0 Å². The largest absolute Gasteiger partial charge is 0.342 e. The number of halogens is 3. The van der Waals surface area contributed by atoms with Crippen LogP contribution in [-0.2, 0) is 11.2 Å². The molecule has 1 saturated heterocycles. The summed E-state index contributed by atoms with van der Waals surface area (Å²) in [5.41, 5.74) is 1.77. The summed E-state index contributed by atoms with van der Waals surface area (Å²) in [4.78, 5) is 19.2. The summed E-state index contributed by atoms with van der Waals surface area (Å²) < 4.78 is 0. The third kappa shape index (κ3) is 6.07. The number of thiazole rings is 1. The molecule has 0 atom stereocenters. The van der Waals surface area contributed by atoms with Crippen molar-refractivity contribution < 1.29 is 4.79 Å². The van der Waals surface area contributed by atoms with Crippen LogP contribution in [0.1, 0.15) is 31.4 Å². The highest BCUT2D eigenvalue weighted by atomic mass is 35.5. The SMILES string of the molecule is Cl.Cl.O=C(Cc1csc(-c2ccccc2Cl)n1)N1CCC(NCC2CC2)CC1. The lowest BCUT2D eigenvalue weighted by atomic mass is 10.0. The van der Waals surface area contributed by atoms with Gasteiger partial charge in [-0.1, -0.05) is 29.8 Å². The molecule has 2 fully saturated rings. The molecule has 1 N–H and O–H groups in total. The molecular weight excluding hydrogens is 437 g/mol. The topological polar surface area (TPSA) is 45.2 Å². The third-order valence-electron chi connectivity index (χ3n) is 5.23. The van der Waals surface area contributed by atoms with Crippen molar-refractivity contribution in [2.24, 2.45) is 5.92 Å². The van der Waals surface area contributed by atoms with Gasteiger partial charge in [0.2, 0.25) is 5.91 Å². The number of rotatable bonds is 6. The van der Waals surface area contributed by atoms with Crippen molar-refractivity contribution in [3.05, 3.63) is 40.4 Å². The van der Waals surface area contributed by atoms with Crippen molar-refractivity contribution >= 4 is 53.7 Å². The Morgan fingerprint density at radius 2 is 1.89 bits per heavy atom. The van der Waals surface area contributed by atoms with E-state index in [1.807, 2.05) is 34.5 Å². The summed E-state index contributed by atoms with van der Waals surface area (Å²) in [6.07, 6.45) is 5.25. The Hall–Kier alpha value is -0.850. The Labute approximate surface area is 187 Å². The summed E-state index contributed by atoms with van der Waals surface area (Å²) in [5, 5.41) is 7.20. The minimum atomic E-state index is 0. The zero-order valence-electron chi connectivity index (χ0n) is 15.6. The van der Waals surface area contributed by atoms with Crippen LogP contribution in [0, 0.1) is 5.92 Å². The van der Waals surface area contributed by atoms with Crippen LogP contribution in [0.3, 0.4) is 0 Å². The number of hydrogen-bond donors (Lipinski definition) is 1. The molecule has 1 aliphatic carbocycles. The molecule has 4 nitrogen and oxygen atoms in total. The molecule has 1 amide bonds. The maximum Gasteiger partial charge on any atom is 0.228 e. The van der Waals surface area contributed by atoms with Crippen LogP contribution in [0.25, 0.3) is 10.6 Å². The zero-order chi connectivity index (χ0) is 17.9. The van der Waals surface area contributed by atoms with E-state index < -0.39 is 0 Å². The first-order valence-corrected chi connectivity index (χ1v) is 10.7. The fraction of sp³-hybridized carbons (Fsp3) is 0.500. The molecule has 1 aliphatic heterocycles. The lowest BCUT2D eigenvalue weighted by Gasteiger charge is -2.32. The quantitative estimate of drug-likeness (QED) is 0.668. The highest BCUT2D eigenvalue weighted by Gasteiger charge is 2.26. The molecule has 0 spiro atoms. The van der Waals surface area contributed by atoms with Crippen LogP contribution in [-0.4, -0.2) is 41.5 Å². The molecule has 1 saturated carbocycles. The minimum Gasteiger partial charge on any atom is -0.342 e. The molecule has 1 aromatic heterocycles. The maximum atomic E-state index is 12.6. The fourth-order valence-corrected chi connectivity index (χ4v) is 4.54. The first-order chi connectivity index (χ1) is 12.7. The monoisotopic (exact) mass is 461 g/mol. The number of nitrogens with zero attached hydrogens (tertiary/aromatic N) is 2. The molecule has 2 aromatic rings.